The van der Waals surface area contributed by atoms with Crippen molar-refractivity contribution in [3.05, 3.63) is 51.2 Å². The number of aryl methyl sites for hydroxylation is 3. The number of likely N-dealkylation sites (tertiary alicyclic amines) is 1. The average molecular weight is 379 g/mol. The number of benzene rings is 1. The molecule has 1 aliphatic heterocycles. The molecule has 0 radical (unpaired) electrons. The molecule has 1 saturated heterocycles. The lowest BCUT2D eigenvalue weighted by atomic mass is 10.1. The van der Waals surface area contributed by atoms with Crippen LogP contribution >= 0.6 is 11.3 Å². The zero-order valence-corrected chi connectivity index (χ0v) is 16.7. The highest BCUT2D eigenvalue weighted by molar-refractivity contribution is 7.89. The van der Waals surface area contributed by atoms with Crippen LogP contribution in [0.15, 0.2) is 34.5 Å². The van der Waals surface area contributed by atoms with Crippen molar-refractivity contribution in [2.75, 3.05) is 19.6 Å². The highest BCUT2D eigenvalue weighted by Gasteiger charge is 2.27. The second-order valence-corrected chi connectivity index (χ2v) is 9.54. The Hall–Kier alpha value is -1.21. The van der Waals surface area contributed by atoms with Gasteiger partial charge in [-0.15, -0.1) is 11.3 Å². The molecule has 0 bridgehead atoms. The van der Waals surface area contributed by atoms with Crippen molar-refractivity contribution in [3.8, 4) is 0 Å². The fourth-order valence-electron chi connectivity index (χ4n) is 3.80. The third-order valence-corrected chi connectivity index (χ3v) is 7.49. The molecule has 0 saturated carbocycles. The van der Waals surface area contributed by atoms with Crippen molar-refractivity contribution in [2.24, 2.45) is 0 Å². The third kappa shape index (κ3) is 4.14. The smallest absolute Gasteiger partial charge is 0.241 e. The summed E-state index contributed by atoms with van der Waals surface area (Å²) in [5.74, 6) is 0. The van der Waals surface area contributed by atoms with Gasteiger partial charge >= 0.3 is 0 Å². The van der Waals surface area contributed by atoms with Gasteiger partial charge in [0.15, 0.2) is 0 Å². The molecule has 1 unspecified atom stereocenters. The van der Waals surface area contributed by atoms with Crippen LogP contribution in [0.1, 0.15) is 40.5 Å². The van der Waals surface area contributed by atoms with Crippen LogP contribution in [0.4, 0.5) is 0 Å². The molecule has 0 spiro atoms. The van der Waals surface area contributed by atoms with E-state index in [1.807, 2.05) is 39.0 Å². The molecule has 0 amide bonds. The van der Waals surface area contributed by atoms with Crippen LogP contribution in [-0.4, -0.2) is 33.0 Å². The lowest BCUT2D eigenvalue weighted by molar-refractivity contribution is 0.250. The molecule has 1 N–H and O–H groups in total. The molecule has 1 aromatic carbocycles. The van der Waals surface area contributed by atoms with Gasteiger partial charge in [0.1, 0.15) is 0 Å². The minimum atomic E-state index is -3.53. The second-order valence-electron chi connectivity index (χ2n) is 6.85. The maximum atomic E-state index is 12.9. The Morgan fingerprint density at radius 3 is 2.36 bits per heavy atom. The number of rotatable bonds is 6. The van der Waals surface area contributed by atoms with Gasteiger partial charge in [0.05, 0.1) is 10.9 Å². The van der Waals surface area contributed by atoms with E-state index in [1.54, 1.807) is 11.3 Å². The summed E-state index contributed by atoms with van der Waals surface area (Å²) in [6, 6.07) is 8.11. The highest BCUT2D eigenvalue weighted by Crippen LogP contribution is 2.29. The van der Waals surface area contributed by atoms with Crippen LogP contribution in [0, 0.1) is 20.8 Å². The Morgan fingerprint density at radius 1 is 1.16 bits per heavy atom. The summed E-state index contributed by atoms with van der Waals surface area (Å²) in [4.78, 5) is 4.04. The average Bonchev–Trinajstić information content (AvgIpc) is 3.19. The number of sulfonamides is 1. The Morgan fingerprint density at radius 2 is 1.80 bits per heavy atom. The first kappa shape index (κ1) is 18.6. The van der Waals surface area contributed by atoms with Gasteiger partial charge in [0.25, 0.3) is 0 Å². The lowest BCUT2D eigenvalue weighted by Crippen LogP contribution is -2.36. The Labute approximate surface area is 154 Å². The number of hydrogen-bond donors (Lipinski definition) is 1. The van der Waals surface area contributed by atoms with Crippen LogP contribution < -0.4 is 4.72 Å². The summed E-state index contributed by atoms with van der Waals surface area (Å²) in [5, 5.41) is 2.06. The summed E-state index contributed by atoms with van der Waals surface area (Å²) >= 11 is 1.70. The maximum Gasteiger partial charge on any atom is 0.241 e. The van der Waals surface area contributed by atoms with Crippen LogP contribution in [0.2, 0.25) is 0 Å². The number of hydrogen-bond acceptors (Lipinski definition) is 4. The van der Waals surface area contributed by atoms with Gasteiger partial charge in [-0.1, -0.05) is 23.8 Å². The molecule has 2 aromatic rings. The molecule has 1 atom stereocenters. The zero-order valence-electron chi connectivity index (χ0n) is 15.1. The molecular weight excluding hydrogens is 352 g/mol. The number of nitrogens with zero attached hydrogens (tertiary/aromatic N) is 1. The van der Waals surface area contributed by atoms with E-state index in [2.05, 4.69) is 21.1 Å². The van der Waals surface area contributed by atoms with Gasteiger partial charge in [-0.05, 0) is 69.3 Å². The molecule has 0 aliphatic carbocycles. The van der Waals surface area contributed by atoms with Crippen molar-refractivity contribution >= 4 is 21.4 Å². The van der Waals surface area contributed by atoms with E-state index in [0.29, 0.717) is 11.4 Å². The van der Waals surface area contributed by atoms with E-state index in [4.69, 9.17) is 0 Å². The first-order valence-electron chi connectivity index (χ1n) is 8.73. The van der Waals surface area contributed by atoms with Crippen LogP contribution in [0.25, 0.3) is 0 Å². The van der Waals surface area contributed by atoms with Gasteiger partial charge in [0, 0.05) is 11.4 Å². The summed E-state index contributed by atoms with van der Waals surface area (Å²) < 4.78 is 28.8. The first-order chi connectivity index (χ1) is 11.9. The monoisotopic (exact) mass is 378 g/mol. The first-order valence-corrected chi connectivity index (χ1v) is 11.1. The summed E-state index contributed by atoms with van der Waals surface area (Å²) in [6.07, 6.45) is 2.37. The second kappa shape index (κ2) is 7.58. The van der Waals surface area contributed by atoms with Gasteiger partial charge in [-0.3, -0.25) is 4.90 Å². The molecular formula is C19H26N2O2S2. The molecule has 1 aliphatic rings. The largest absolute Gasteiger partial charge is 0.294 e. The SMILES string of the molecule is Cc1cc(C)c(S(=O)(=O)NCC(c2cccs2)N2CCCC2)c(C)c1. The van der Waals surface area contributed by atoms with Crippen LogP contribution in [0.3, 0.4) is 0 Å². The summed E-state index contributed by atoms with van der Waals surface area (Å²) in [5.41, 5.74) is 2.69. The van der Waals surface area contributed by atoms with E-state index in [-0.39, 0.29) is 6.04 Å². The molecule has 1 fully saturated rings. The standard InChI is InChI=1S/C19H26N2O2S2/c1-14-11-15(2)19(16(3)12-14)25(22,23)20-13-17(18-7-6-10-24-18)21-8-4-5-9-21/h6-7,10-12,17,20H,4-5,8-9,13H2,1-3H3. The van der Waals surface area contributed by atoms with Crippen molar-refractivity contribution in [2.45, 2.75) is 44.6 Å². The van der Waals surface area contributed by atoms with Gasteiger partial charge < -0.3 is 0 Å². The molecule has 136 valence electrons. The lowest BCUT2D eigenvalue weighted by Gasteiger charge is -2.27. The Balaban J connectivity index is 1.83. The van der Waals surface area contributed by atoms with Gasteiger partial charge in [-0.2, -0.15) is 0 Å². The molecule has 3 rings (SSSR count). The van der Waals surface area contributed by atoms with Gasteiger partial charge in [0.2, 0.25) is 10.0 Å². The normalized spacial score (nSPS) is 17.1. The van der Waals surface area contributed by atoms with Crippen LogP contribution in [0.5, 0.6) is 0 Å². The fourth-order valence-corrected chi connectivity index (χ4v) is 6.14. The van der Waals surface area contributed by atoms with E-state index in [0.717, 1.165) is 29.8 Å². The minimum absolute atomic E-state index is 0.114. The Kier molecular flexibility index (Phi) is 5.63. The molecule has 2 heterocycles. The van der Waals surface area contributed by atoms with E-state index >= 15 is 0 Å². The number of nitrogens with one attached hydrogen (secondary N) is 1. The maximum absolute atomic E-state index is 12.9. The molecule has 4 nitrogen and oxygen atoms in total. The highest BCUT2D eigenvalue weighted by atomic mass is 32.2. The minimum Gasteiger partial charge on any atom is -0.294 e. The van der Waals surface area contributed by atoms with Gasteiger partial charge in [-0.25, -0.2) is 13.1 Å². The van der Waals surface area contributed by atoms with E-state index in [9.17, 15) is 8.42 Å². The van der Waals surface area contributed by atoms with Crippen molar-refractivity contribution in [1.29, 1.82) is 0 Å². The van der Waals surface area contributed by atoms with Crippen molar-refractivity contribution < 1.29 is 8.42 Å². The molecule has 1 aromatic heterocycles. The number of thiophene rings is 1. The predicted octanol–water partition coefficient (Wildman–Crippen LogP) is 3.79. The summed E-state index contributed by atoms with van der Waals surface area (Å²) in [7, 11) is -3.53. The molecule has 6 heteroatoms. The van der Waals surface area contributed by atoms with Crippen molar-refractivity contribution in [3.63, 3.8) is 0 Å². The van der Waals surface area contributed by atoms with E-state index in [1.165, 1.54) is 17.7 Å². The topological polar surface area (TPSA) is 49.4 Å². The quantitative estimate of drug-likeness (QED) is 0.832. The summed E-state index contributed by atoms with van der Waals surface area (Å²) in [6.45, 7) is 8.21. The van der Waals surface area contributed by atoms with Crippen LogP contribution in [-0.2, 0) is 10.0 Å². The Bertz CT molecular complexity index is 800. The fraction of sp³-hybridized carbons (Fsp3) is 0.474. The molecule has 25 heavy (non-hydrogen) atoms. The van der Waals surface area contributed by atoms with Crippen molar-refractivity contribution in [1.82, 2.24) is 9.62 Å². The zero-order chi connectivity index (χ0) is 18.0. The van der Waals surface area contributed by atoms with E-state index < -0.39 is 10.0 Å². The predicted molar refractivity (Wildman–Crippen MR) is 104 cm³/mol. The third-order valence-electron chi connectivity index (χ3n) is 4.79.